The Morgan fingerprint density at radius 3 is 2.68 bits per heavy atom. The van der Waals surface area contributed by atoms with E-state index in [0.29, 0.717) is 11.8 Å². The van der Waals surface area contributed by atoms with Gasteiger partial charge in [-0.2, -0.15) is 0 Å². The highest BCUT2D eigenvalue weighted by atomic mass is 32.2. The molecule has 1 fully saturated rings. The number of nitrogens with one attached hydrogen (secondary N) is 1. The molecular weight excluding hydrogens is 408 g/mol. The predicted molar refractivity (Wildman–Crippen MR) is 123 cm³/mol. The fraction of sp³-hybridized carbons (Fsp3) is 0.292. The van der Waals surface area contributed by atoms with Crippen molar-refractivity contribution in [1.82, 2.24) is 14.8 Å². The molecule has 5 rings (SSSR count). The summed E-state index contributed by atoms with van der Waals surface area (Å²) in [5, 5.41) is 14.8. The van der Waals surface area contributed by atoms with Crippen LogP contribution in [0.25, 0.3) is 22.4 Å². The molecule has 6 nitrogen and oxygen atoms in total. The van der Waals surface area contributed by atoms with Crippen molar-refractivity contribution in [3.05, 3.63) is 60.9 Å². The van der Waals surface area contributed by atoms with Gasteiger partial charge in [-0.05, 0) is 47.9 Å². The SMILES string of the molecule is O=C(CSc1nnc(-c2ccco2)n1C1CCCCC1)Nc1ccc2ccccc2c1. The summed E-state index contributed by atoms with van der Waals surface area (Å²) >= 11 is 1.43. The number of anilines is 1. The molecule has 2 aromatic carbocycles. The number of aromatic nitrogens is 3. The summed E-state index contributed by atoms with van der Waals surface area (Å²) < 4.78 is 7.76. The molecule has 1 aliphatic rings. The van der Waals surface area contributed by atoms with Gasteiger partial charge in [0, 0.05) is 11.7 Å². The molecule has 158 valence electrons. The summed E-state index contributed by atoms with van der Waals surface area (Å²) in [6.07, 6.45) is 7.52. The molecule has 0 atom stereocenters. The van der Waals surface area contributed by atoms with Crippen LogP contribution >= 0.6 is 11.8 Å². The third kappa shape index (κ3) is 4.37. The molecule has 0 spiro atoms. The van der Waals surface area contributed by atoms with Crippen molar-refractivity contribution in [1.29, 1.82) is 0 Å². The molecule has 2 heterocycles. The molecule has 0 bridgehead atoms. The van der Waals surface area contributed by atoms with Crippen LogP contribution in [-0.4, -0.2) is 26.4 Å². The maximum absolute atomic E-state index is 12.6. The van der Waals surface area contributed by atoms with Crippen molar-refractivity contribution < 1.29 is 9.21 Å². The first-order chi connectivity index (χ1) is 15.3. The Kier molecular flexibility index (Phi) is 5.76. The summed E-state index contributed by atoms with van der Waals surface area (Å²) in [5.74, 6) is 1.67. The van der Waals surface area contributed by atoms with Gasteiger partial charge in [-0.15, -0.1) is 10.2 Å². The normalized spacial score (nSPS) is 14.7. The number of carbonyl (C=O) groups is 1. The summed E-state index contributed by atoms with van der Waals surface area (Å²) in [6, 6.07) is 18.2. The van der Waals surface area contributed by atoms with Gasteiger partial charge in [-0.1, -0.05) is 61.4 Å². The molecule has 0 saturated heterocycles. The first kappa shape index (κ1) is 19.9. The Bertz CT molecular complexity index is 1180. The van der Waals surface area contributed by atoms with Crippen molar-refractivity contribution in [2.75, 3.05) is 11.1 Å². The monoisotopic (exact) mass is 432 g/mol. The molecule has 31 heavy (non-hydrogen) atoms. The summed E-state index contributed by atoms with van der Waals surface area (Å²) in [4.78, 5) is 12.6. The van der Waals surface area contributed by atoms with Crippen LogP contribution in [0.2, 0.25) is 0 Å². The van der Waals surface area contributed by atoms with Crippen molar-refractivity contribution >= 4 is 34.1 Å². The maximum atomic E-state index is 12.6. The van der Waals surface area contributed by atoms with Crippen molar-refractivity contribution in [2.24, 2.45) is 0 Å². The van der Waals surface area contributed by atoms with Gasteiger partial charge in [0.25, 0.3) is 0 Å². The minimum atomic E-state index is -0.0574. The first-order valence-corrected chi connectivity index (χ1v) is 11.7. The number of rotatable bonds is 6. The van der Waals surface area contributed by atoms with E-state index >= 15 is 0 Å². The average molecular weight is 433 g/mol. The van der Waals surface area contributed by atoms with Crippen LogP contribution in [0.4, 0.5) is 5.69 Å². The third-order valence-corrected chi connectivity index (χ3v) is 6.65. The van der Waals surface area contributed by atoms with E-state index in [-0.39, 0.29) is 11.7 Å². The van der Waals surface area contributed by atoms with E-state index in [1.165, 1.54) is 31.0 Å². The molecule has 2 aromatic heterocycles. The van der Waals surface area contributed by atoms with Gasteiger partial charge in [0.1, 0.15) is 0 Å². The zero-order chi connectivity index (χ0) is 21.0. The Morgan fingerprint density at radius 1 is 1.03 bits per heavy atom. The molecule has 0 aliphatic heterocycles. The second-order valence-electron chi connectivity index (χ2n) is 7.84. The summed E-state index contributed by atoms with van der Waals surface area (Å²) in [7, 11) is 0. The number of thioether (sulfide) groups is 1. The Balaban J connectivity index is 1.31. The van der Waals surface area contributed by atoms with Gasteiger partial charge >= 0.3 is 0 Å². The van der Waals surface area contributed by atoms with E-state index < -0.39 is 0 Å². The zero-order valence-electron chi connectivity index (χ0n) is 17.2. The smallest absolute Gasteiger partial charge is 0.234 e. The lowest BCUT2D eigenvalue weighted by Gasteiger charge is -2.25. The Hall–Kier alpha value is -3.06. The molecule has 1 aliphatic carbocycles. The average Bonchev–Trinajstić information content (AvgIpc) is 3.48. The standard InChI is InChI=1S/C24H24N4O2S/c29-22(25-19-13-12-17-7-4-5-8-18(17)15-19)16-31-24-27-26-23(21-11-6-14-30-21)28(24)20-9-2-1-3-10-20/h4-8,11-15,20H,1-3,9-10,16H2,(H,25,29). The molecule has 7 heteroatoms. The lowest BCUT2D eigenvalue weighted by Crippen LogP contribution is -2.17. The minimum Gasteiger partial charge on any atom is -0.461 e. The molecule has 1 amide bonds. The van der Waals surface area contributed by atoms with E-state index in [9.17, 15) is 4.79 Å². The lowest BCUT2D eigenvalue weighted by molar-refractivity contribution is -0.113. The number of furan rings is 1. The summed E-state index contributed by atoms with van der Waals surface area (Å²) in [5.41, 5.74) is 0.800. The first-order valence-electron chi connectivity index (χ1n) is 10.7. The van der Waals surface area contributed by atoms with Gasteiger partial charge < -0.3 is 9.73 Å². The molecule has 0 unspecified atom stereocenters. The number of amides is 1. The molecule has 0 radical (unpaired) electrons. The highest BCUT2D eigenvalue weighted by Gasteiger charge is 2.25. The number of hydrogen-bond acceptors (Lipinski definition) is 5. The minimum absolute atomic E-state index is 0.0574. The second-order valence-corrected chi connectivity index (χ2v) is 8.79. The lowest BCUT2D eigenvalue weighted by atomic mass is 9.95. The summed E-state index contributed by atoms with van der Waals surface area (Å²) in [6.45, 7) is 0. The molecule has 1 N–H and O–H groups in total. The van der Waals surface area contributed by atoms with Crippen molar-refractivity contribution in [2.45, 2.75) is 43.3 Å². The van der Waals surface area contributed by atoms with Gasteiger partial charge in [-0.3, -0.25) is 9.36 Å². The van der Waals surface area contributed by atoms with E-state index in [1.807, 2.05) is 48.5 Å². The highest BCUT2D eigenvalue weighted by Crippen LogP contribution is 2.35. The van der Waals surface area contributed by atoms with Gasteiger partial charge in [-0.25, -0.2) is 0 Å². The number of hydrogen-bond donors (Lipinski definition) is 1. The van der Waals surface area contributed by atoms with Gasteiger partial charge in [0.05, 0.1) is 12.0 Å². The van der Waals surface area contributed by atoms with E-state index in [0.717, 1.165) is 40.3 Å². The van der Waals surface area contributed by atoms with Crippen molar-refractivity contribution in [3.8, 4) is 11.6 Å². The number of nitrogens with zero attached hydrogens (tertiary/aromatic N) is 3. The fourth-order valence-corrected chi connectivity index (χ4v) is 5.02. The predicted octanol–water partition coefficient (Wildman–Crippen LogP) is 5.93. The molecule has 4 aromatic rings. The maximum Gasteiger partial charge on any atom is 0.234 e. The van der Waals surface area contributed by atoms with Crippen LogP contribution in [0.5, 0.6) is 0 Å². The fourth-order valence-electron chi connectivity index (χ4n) is 4.21. The Labute approximate surface area is 185 Å². The molecular formula is C24H24N4O2S. The van der Waals surface area contributed by atoms with Crippen LogP contribution in [0.1, 0.15) is 38.1 Å². The topological polar surface area (TPSA) is 73.0 Å². The van der Waals surface area contributed by atoms with Crippen LogP contribution in [0.3, 0.4) is 0 Å². The molecule has 1 saturated carbocycles. The highest BCUT2D eigenvalue weighted by molar-refractivity contribution is 7.99. The van der Waals surface area contributed by atoms with E-state index in [4.69, 9.17) is 4.42 Å². The van der Waals surface area contributed by atoms with Gasteiger partial charge in [0.15, 0.2) is 10.9 Å². The quantitative estimate of drug-likeness (QED) is 0.383. The number of carbonyl (C=O) groups excluding carboxylic acids is 1. The van der Waals surface area contributed by atoms with Crippen LogP contribution in [-0.2, 0) is 4.79 Å². The largest absolute Gasteiger partial charge is 0.461 e. The van der Waals surface area contributed by atoms with E-state index in [1.54, 1.807) is 6.26 Å². The van der Waals surface area contributed by atoms with E-state index in [2.05, 4.69) is 26.1 Å². The third-order valence-electron chi connectivity index (χ3n) is 5.71. The second kappa shape index (κ2) is 8.98. The van der Waals surface area contributed by atoms with Gasteiger partial charge in [0.2, 0.25) is 11.7 Å². The van der Waals surface area contributed by atoms with Crippen LogP contribution in [0.15, 0.2) is 70.4 Å². The number of fused-ring (bicyclic) bond motifs is 1. The van der Waals surface area contributed by atoms with Crippen LogP contribution < -0.4 is 5.32 Å². The zero-order valence-corrected chi connectivity index (χ0v) is 18.0. The van der Waals surface area contributed by atoms with Crippen LogP contribution in [0, 0.1) is 0 Å². The number of benzene rings is 2. The van der Waals surface area contributed by atoms with Crippen molar-refractivity contribution in [3.63, 3.8) is 0 Å². The Morgan fingerprint density at radius 2 is 1.87 bits per heavy atom.